The highest BCUT2D eigenvalue weighted by Crippen LogP contribution is 2.24. The Balaban J connectivity index is 2.46. The van der Waals surface area contributed by atoms with Crippen LogP contribution in [0.25, 0.3) is 0 Å². The van der Waals surface area contributed by atoms with Crippen molar-refractivity contribution < 1.29 is 4.92 Å². The zero-order valence-electron chi connectivity index (χ0n) is 11.5. The molecule has 0 spiro atoms. The smallest absolute Gasteiger partial charge is 0.288 e. The summed E-state index contributed by atoms with van der Waals surface area (Å²) in [5, 5.41) is 14.2. The first kappa shape index (κ1) is 15.9. The summed E-state index contributed by atoms with van der Waals surface area (Å²) in [6.45, 7) is 6.66. The van der Waals surface area contributed by atoms with Gasteiger partial charge in [0.05, 0.1) is 4.92 Å². The SMILES string of the molecule is CC(C)N(C)CCNCc1ccc(Cl)c([N+](=O)[O-])c1. The molecule has 19 heavy (non-hydrogen) atoms. The van der Waals surface area contributed by atoms with Gasteiger partial charge in [-0.15, -0.1) is 0 Å². The largest absolute Gasteiger partial charge is 0.311 e. The van der Waals surface area contributed by atoms with Crippen LogP contribution in [0.3, 0.4) is 0 Å². The number of nitrogens with one attached hydrogen (secondary N) is 1. The van der Waals surface area contributed by atoms with Crippen LogP contribution >= 0.6 is 11.6 Å². The fourth-order valence-electron chi connectivity index (χ4n) is 1.55. The average Bonchev–Trinajstić information content (AvgIpc) is 2.35. The summed E-state index contributed by atoms with van der Waals surface area (Å²) in [6, 6.07) is 5.39. The number of hydrogen-bond donors (Lipinski definition) is 1. The Kier molecular flexibility index (Phi) is 6.21. The first-order valence-corrected chi connectivity index (χ1v) is 6.63. The van der Waals surface area contributed by atoms with Gasteiger partial charge in [-0.3, -0.25) is 10.1 Å². The lowest BCUT2D eigenvalue weighted by Crippen LogP contribution is -2.33. The van der Waals surface area contributed by atoms with E-state index in [1.54, 1.807) is 12.1 Å². The maximum absolute atomic E-state index is 10.8. The van der Waals surface area contributed by atoms with E-state index in [2.05, 4.69) is 31.1 Å². The molecule has 0 aromatic heterocycles. The van der Waals surface area contributed by atoms with Crippen molar-refractivity contribution >= 4 is 17.3 Å². The van der Waals surface area contributed by atoms with E-state index >= 15 is 0 Å². The summed E-state index contributed by atoms with van der Waals surface area (Å²) in [6.07, 6.45) is 0. The Morgan fingerprint density at radius 2 is 2.16 bits per heavy atom. The van der Waals surface area contributed by atoms with Crippen molar-refractivity contribution in [2.45, 2.75) is 26.4 Å². The predicted molar refractivity (Wildman–Crippen MR) is 77.6 cm³/mol. The Labute approximate surface area is 118 Å². The minimum atomic E-state index is -0.460. The van der Waals surface area contributed by atoms with Crippen molar-refractivity contribution in [1.29, 1.82) is 0 Å². The van der Waals surface area contributed by atoms with Crippen LogP contribution in [0.4, 0.5) is 5.69 Å². The Bertz CT molecular complexity index is 438. The van der Waals surface area contributed by atoms with E-state index in [9.17, 15) is 10.1 Å². The van der Waals surface area contributed by atoms with Gasteiger partial charge in [0.2, 0.25) is 0 Å². The molecule has 1 rings (SSSR count). The van der Waals surface area contributed by atoms with Crippen LogP contribution < -0.4 is 5.32 Å². The second-order valence-electron chi connectivity index (χ2n) is 4.79. The second-order valence-corrected chi connectivity index (χ2v) is 5.20. The highest BCUT2D eigenvalue weighted by atomic mass is 35.5. The van der Waals surface area contributed by atoms with E-state index in [1.807, 2.05) is 0 Å². The summed E-state index contributed by atoms with van der Waals surface area (Å²) in [4.78, 5) is 12.5. The highest BCUT2D eigenvalue weighted by molar-refractivity contribution is 6.32. The van der Waals surface area contributed by atoms with Crippen molar-refractivity contribution in [2.75, 3.05) is 20.1 Å². The number of nitrogens with zero attached hydrogens (tertiary/aromatic N) is 2. The van der Waals surface area contributed by atoms with E-state index in [0.29, 0.717) is 12.6 Å². The molecular formula is C13H20ClN3O2. The molecule has 0 unspecified atom stereocenters. The zero-order chi connectivity index (χ0) is 14.4. The van der Waals surface area contributed by atoms with Gasteiger partial charge in [-0.2, -0.15) is 0 Å². The van der Waals surface area contributed by atoms with Crippen LogP contribution in [0.1, 0.15) is 19.4 Å². The number of likely N-dealkylation sites (N-methyl/N-ethyl adjacent to an activating group) is 1. The second kappa shape index (κ2) is 7.43. The molecule has 0 fully saturated rings. The quantitative estimate of drug-likeness (QED) is 0.475. The van der Waals surface area contributed by atoms with E-state index in [0.717, 1.165) is 18.7 Å². The molecule has 0 heterocycles. The third-order valence-corrected chi connectivity index (χ3v) is 3.38. The minimum Gasteiger partial charge on any atom is -0.311 e. The van der Waals surface area contributed by atoms with E-state index in [1.165, 1.54) is 6.07 Å². The molecule has 0 aliphatic heterocycles. The lowest BCUT2D eigenvalue weighted by molar-refractivity contribution is -0.384. The van der Waals surface area contributed by atoms with Gasteiger partial charge in [-0.25, -0.2) is 0 Å². The number of benzene rings is 1. The topological polar surface area (TPSA) is 58.4 Å². The predicted octanol–water partition coefficient (Wildman–Crippen LogP) is 2.68. The van der Waals surface area contributed by atoms with Gasteiger partial charge in [0, 0.05) is 31.7 Å². The van der Waals surface area contributed by atoms with Gasteiger partial charge in [-0.1, -0.05) is 17.7 Å². The van der Waals surface area contributed by atoms with Crippen molar-refractivity contribution in [3.8, 4) is 0 Å². The first-order chi connectivity index (χ1) is 8.91. The number of nitro groups is 1. The van der Waals surface area contributed by atoms with Crippen LogP contribution in [-0.4, -0.2) is 36.0 Å². The maximum Gasteiger partial charge on any atom is 0.288 e. The summed E-state index contributed by atoms with van der Waals surface area (Å²) < 4.78 is 0. The molecule has 0 saturated carbocycles. The molecule has 0 aliphatic carbocycles. The van der Waals surface area contributed by atoms with Crippen molar-refractivity contribution in [3.63, 3.8) is 0 Å². The summed E-state index contributed by atoms with van der Waals surface area (Å²) >= 11 is 5.76. The molecule has 0 amide bonds. The number of nitro benzene ring substituents is 1. The summed E-state index contributed by atoms with van der Waals surface area (Å²) in [7, 11) is 2.07. The third-order valence-electron chi connectivity index (χ3n) is 3.06. The van der Waals surface area contributed by atoms with Crippen LogP contribution in [0, 0.1) is 10.1 Å². The van der Waals surface area contributed by atoms with Crippen LogP contribution in [0.15, 0.2) is 18.2 Å². The zero-order valence-corrected chi connectivity index (χ0v) is 12.3. The lowest BCUT2D eigenvalue weighted by atomic mass is 10.2. The van der Waals surface area contributed by atoms with Crippen LogP contribution in [0.5, 0.6) is 0 Å². The van der Waals surface area contributed by atoms with Gasteiger partial charge < -0.3 is 10.2 Å². The van der Waals surface area contributed by atoms with Crippen LogP contribution in [-0.2, 0) is 6.54 Å². The standard InChI is InChI=1S/C13H20ClN3O2/c1-10(2)16(3)7-6-15-9-11-4-5-12(14)13(8-11)17(18)19/h4-5,8,10,15H,6-7,9H2,1-3H3. The molecule has 1 aromatic rings. The fraction of sp³-hybridized carbons (Fsp3) is 0.538. The van der Waals surface area contributed by atoms with Crippen LogP contribution in [0.2, 0.25) is 5.02 Å². The van der Waals surface area contributed by atoms with E-state index in [4.69, 9.17) is 11.6 Å². The van der Waals surface area contributed by atoms with Crippen molar-refractivity contribution in [1.82, 2.24) is 10.2 Å². The molecule has 5 nitrogen and oxygen atoms in total. The monoisotopic (exact) mass is 285 g/mol. The van der Waals surface area contributed by atoms with Gasteiger partial charge in [0.1, 0.15) is 5.02 Å². The molecule has 0 saturated heterocycles. The highest BCUT2D eigenvalue weighted by Gasteiger charge is 2.12. The molecule has 0 radical (unpaired) electrons. The van der Waals surface area contributed by atoms with Gasteiger partial charge in [0.25, 0.3) is 5.69 Å². The molecule has 1 N–H and O–H groups in total. The molecular weight excluding hydrogens is 266 g/mol. The van der Waals surface area contributed by atoms with Gasteiger partial charge >= 0.3 is 0 Å². The Morgan fingerprint density at radius 1 is 1.47 bits per heavy atom. The maximum atomic E-state index is 10.8. The first-order valence-electron chi connectivity index (χ1n) is 6.25. The molecule has 0 bridgehead atoms. The third kappa shape index (κ3) is 5.14. The average molecular weight is 286 g/mol. The fourth-order valence-corrected chi connectivity index (χ4v) is 1.74. The van der Waals surface area contributed by atoms with E-state index < -0.39 is 4.92 Å². The number of rotatable bonds is 7. The van der Waals surface area contributed by atoms with E-state index in [-0.39, 0.29) is 10.7 Å². The Hall–Kier alpha value is -1.17. The molecule has 6 heteroatoms. The lowest BCUT2D eigenvalue weighted by Gasteiger charge is -2.20. The Morgan fingerprint density at radius 3 is 2.74 bits per heavy atom. The normalized spacial score (nSPS) is 11.3. The molecule has 0 aliphatic rings. The summed E-state index contributed by atoms with van der Waals surface area (Å²) in [5.41, 5.74) is 0.823. The molecule has 0 atom stereocenters. The van der Waals surface area contributed by atoms with Gasteiger partial charge in [-0.05, 0) is 32.5 Å². The van der Waals surface area contributed by atoms with Crippen molar-refractivity contribution in [2.24, 2.45) is 0 Å². The molecule has 1 aromatic carbocycles. The minimum absolute atomic E-state index is 0.0414. The van der Waals surface area contributed by atoms with Crippen molar-refractivity contribution in [3.05, 3.63) is 38.9 Å². The molecule has 106 valence electrons. The number of halogens is 1. The summed E-state index contributed by atoms with van der Waals surface area (Å²) in [5.74, 6) is 0. The van der Waals surface area contributed by atoms with Gasteiger partial charge in [0.15, 0.2) is 0 Å². The number of hydrogen-bond acceptors (Lipinski definition) is 4.